The maximum atomic E-state index is 12.4. The minimum atomic E-state index is -0.116. The van der Waals surface area contributed by atoms with Crippen molar-refractivity contribution in [3.8, 4) is 0 Å². The van der Waals surface area contributed by atoms with Crippen LogP contribution in [0.5, 0.6) is 0 Å². The molecule has 0 saturated heterocycles. The molecule has 0 saturated carbocycles. The van der Waals surface area contributed by atoms with Gasteiger partial charge in [-0.15, -0.1) is 11.3 Å². The Labute approximate surface area is 119 Å². The minimum absolute atomic E-state index is 0.116. The van der Waals surface area contributed by atoms with Gasteiger partial charge in [0.1, 0.15) is 5.58 Å². The number of ketones is 1. The van der Waals surface area contributed by atoms with Crippen LogP contribution in [0.4, 0.5) is 0 Å². The van der Waals surface area contributed by atoms with Crippen molar-refractivity contribution in [2.45, 2.75) is 13.8 Å². The van der Waals surface area contributed by atoms with Gasteiger partial charge in [-0.3, -0.25) is 4.79 Å². The number of furan rings is 1. The highest BCUT2D eigenvalue weighted by atomic mass is 35.5. The van der Waals surface area contributed by atoms with E-state index in [2.05, 4.69) is 0 Å². The molecule has 0 unspecified atom stereocenters. The normalized spacial score (nSPS) is 11.1. The number of fused-ring (bicyclic) bond motifs is 1. The SMILES string of the molecule is Cc1ccc2c(C)c(C(=O)c3csc(Cl)c3)oc2c1. The van der Waals surface area contributed by atoms with E-state index in [-0.39, 0.29) is 5.78 Å². The summed E-state index contributed by atoms with van der Waals surface area (Å²) in [6.45, 7) is 3.90. The smallest absolute Gasteiger partial charge is 0.229 e. The van der Waals surface area contributed by atoms with Crippen LogP contribution in [0.25, 0.3) is 11.0 Å². The third-order valence-electron chi connectivity index (χ3n) is 3.13. The van der Waals surface area contributed by atoms with Crippen LogP contribution in [0.3, 0.4) is 0 Å². The lowest BCUT2D eigenvalue weighted by molar-refractivity contribution is 0.101. The molecule has 0 amide bonds. The van der Waals surface area contributed by atoms with Crippen molar-refractivity contribution in [2.24, 2.45) is 0 Å². The van der Waals surface area contributed by atoms with Gasteiger partial charge in [-0.1, -0.05) is 23.7 Å². The van der Waals surface area contributed by atoms with Crippen molar-refractivity contribution < 1.29 is 9.21 Å². The van der Waals surface area contributed by atoms with Gasteiger partial charge in [-0.05, 0) is 31.5 Å². The standard InChI is InChI=1S/C15H11ClO2S/c1-8-3-4-11-9(2)15(18-12(11)5-8)14(17)10-6-13(16)19-7-10/h3-7H,1-2H3. The Morgan fingerprint density at radius 2 is 2.05 bits per heavy atom. The Kier molecular flexibility index (Phi) is 2.96. The summed E-state index contributed by atoms with van der Waals surface area (Å²) < 4.78 is 6.32. The van der Waals surface area contributed by atoms with Crippen LogP contribution in [0.1, 0.15) is 27.2 Å². The van der Waals surface area contributed by atoms with Crippen LogP contribution < -0.4 is 0 Å². The Morgan fingerprint density at radius 3 is 2.74 bits per heavy atom. The third kappa shape index (κ3) is 2.09. The highest BCUT2D eigenvalue weighted by Gasteiger charge is 2.20. The summed E-state index contributed by atoms with van der Waals surface area (Å²) in [5, 5.41) is 2.73. The van der Waals surface area contributed by atoms with Crippen LogP contribution in [0.2, 0.25) is 4.34 Å². The maximum absolute atomic E-state index is 12.4. The van der Waals surface area contributed by atoms with E-state index in [9.17, 15) is 4.79 Å². The Bertz CT molecular complexity index is 783. The lowest BCUT2D eigenvalue weighted by Gasteiger charge is -1.94. The van der Waals surface area contributed by atoms with Crippen LogP contribution >= 0.6 is 22.9 Å². The van der Waals surface area contributed by atoms with E-state index < -0.39 is 0 Å². The second-order valence-electron chi connectivity index (χ2n) is 4.52. The fourth-order valence-electron chi connectivity index (χ4n) is 2.11. The molecule has 3 aromatic rings. The zero-order valence-electron chi connectivity index (χ0n) is 10.5. The van der Waals surface area contributed by atoms with Gasteiger partial charge in [-0.25, -0.2) is 0 Å². The van der Waals surface area contributed by atoms with Crippen molar-refractivity contribution in [3.05, 3.63) is 56.4 Å². The first kappa shape index (κ1) is 12.5. The predicted molar refractivity (Wildman–Crippen MR) is 78.4 cm³/mol. The summed E-state index contributed by atoms with van der Waals surface area (Å²) in [6, 6.07) is 7.62. The Balaban J connectivity index is 2.15. The van der Waals surface area contributed by atoms with E-state index in [0.717, 1.165) is 22.1 Å². The number of halogens is 1. The van der Waals surface area contributed by atoms with E-state index in [1.807, 2.05) is 32.0 Å². The Morgan fingerprint density at radius 1 is 1.26 bits per heavy atom. The van der Waals surface area contributed by atoms with Crippen LogP contribution in [0, 0.1) is 13.8 Å². The summed E-state index contributed by atoms with van der Waals surface area (Å²) >= 11 is 7.21. The summed E-state index contributed by atoms with van der Waals surface area (Å²) in [6.07, 6.45) is 0. The van der Waals surface area contributed by atoms with Gasteiger partial charge in [0, 0.05) is 21.9 Å². The molecule has 0 atom stereocenters. The predicted octanol–water partition coefficient (Wildman–Crippen LogP) is 5.00. The lowest BCUT2D eigenvalue weighted by atomic mass is 10.1. The number of aryl methyl sites for hydroxylation is 2. The zero-order valence-corrected chi connectivity index (χ0v) is 12.1. The largest absolute Gasteiger partial charge is 0.452 e. The van der Waals surface area contributed by atoms with E-state index in [1.165, 1.54) is 11.3 Å². The summed E-state index contributed by atoms with van der Waals surface area (Å²) in [5.41, 5.74) is 3.32. The first-order valence-electron chi connectivity index (χ1n) is 5.85. The summed E-state index contributed by atoms with van der Waals surface area (Å²) in [4.78, 5) is 12.4. The molecule has 3 rings (SSSR count). The molecule has 1 aromatic carbocycles. The molecule has 0 aliphatic heterocycles. The van der Waals surface area contributed by atoms with Gasteiger partial charge in [0.05, 0.1) is 4.34 Å². The molecule has 0 aliphatic rings. The van der Waals surface area contributed by atoms with Crippen molar-refractivity contribution in [2.75, 3.05) is 0 Å². The van der Waals surface area contributed by atoms with Crippen molar-refractivity contribution in [1.82, 2.24) is 0 Å². The number of benzene rings is 1. The first-order valence-corrected chi connectivity index (χ1v) is 7.10. The third-order valence-corrected chi connectivity index (χ3v) is 4.22. The fraction of sp³-hybridized carbons (Fsp3) is 0.133. The molecule has 2 nitrogen and oxygen atoms in total. The average molecular weight is 291 g/mol. The van der Waals surface area contributed by atoms with Crippen LogP contribution in [-0.4, -0.2) is 5.78 Å². The molecule has 0 spiro atoms. The van der Waals surface area contributed by atoms with Gasteiger partial charge in [0.15, 0.2) is 5.76 Å². The molecule has 96 valence electrons. The fourth-order valence-corrected chi connectivity index (χ4v) is 2.97. The summed E-state index contributed by atoms with van der Waals surface area (Å²) in [5.74, 6) is 0.282. The molecule has 2 aromatic heterocycles. The first-order chi connectivity index (χ1) is 9.06. The second kappa shape index (κ2) is 4.51. The minimum Gasteiger partial charge on any atom is -0.452 e. The van der Waals surface area contributed by atoms with E-state index in [1.54, 1.807) is 11.4 Å². The second-order valence-corrected chi connectivity index (χ2v) is 6.07. The monoisotopic (exact) mass is 290 g/mol. The number of hydrogen-bond acceptors (Lipinski definition) is 3. The van der Waals surface area contributed by atoms with Gasteiger partial charge < -0.3 is 4.42 Å². The molecule has 0 aliphatic carbocycles. The van der Waals surface area contributed by atoms with Crippen molar-refractivity contribution in [1.29, 1.82) is 0 Å². The molecule has 2 heterocycles. The molecule has 0 bridgehead atoms. The van der Waals surface area contributed by atoms with Gasteiger partial charge in [0.2, 0.25) is 5.78 Å². The molecular formula is C15H11ClO2S. The molecular weight excluding hydrogens is 280 g/mol. The number of carbonyl (C=O) groups is 1. The topological polar surface area (TPSA) is 30.2 Å². The van der Waals surface area contributed by atoms with Crippen LogP contribution in [0.15, 0.2) is 34.1 Å². The van der Waals surface area contributed by atoms with Gasteiger partial charge in [0.25, 0.3) is 0 Å². The maximum Gasteiger partial charge on any atom is 0.229 e. The number of thiophene rings is 1. The molecule has 0 N–H and O–H groups in total. The average Bonchev–Trinajstić information content (AvgIpc) is 2.93. The van der Waals surface area contributed by atoms with E-state index in [4.69, 9.17) is 16.0 Å². The van der Waals surface area contributed by atoms with Gasteiger partial charge in [-0.2, -0.15) is 0 Å². The highest BCUT2D eigenvalue weighted by Crippen LogP contribution is 2.29. The number of rotatable bonds is 2. The molecule has 19 heavy (non-hydrogen) atoms. The number of carbonyl (C=O) groups excluding carboxylic acids is 1. The molecule has 0 fully saturated rings. The lowest BCUT2D eigenvalue weighted by Crippen LogP contribution is -1.99. The van der Waals surface area contributed by atoms with Crippen molar-refractivity contribution in [3.63, 3.8) is 0 Å². The molecule has 0 radical (unpaired) electrons. The number of hydrogen-bond donors (Lipinski definition) is 0. The highest BCUT2D eigenvalue weighted by molar-refractivity contribution is 7.14. The Hall–Kier alpha value is -1.58. The molecule has 4 heteroatoms. The van der Waals surface area contributed by atoms with E-state index >= 15 is 0 Å². The quantitative estimate of drug-likeness (QED) is 0.622. The van der Waals surface area contributed by atoms with Crippen LogP contribution in [-0.2, 0) is 0 Å². The van der Waals surface area contributed by atoms with E-state index in [0.29, 0.717) is 15.7 Å². The summed E-state index contributed by atoms with van der Waals surface area (Å²) in [7, 11) is 0. The van der Waals surface area contributed by atoms with Crippen molar-refractivity contribution >= 4 is 39.7 Å². The zero-order chi connectivity index (χ0) is 13.6. The van der Waals surface area contributed by atoms with Gasteiger partial charge >= 0.3 is 0 Å².